The lowest BCUT2D eigenvalue weighted by atomic mass is 10.2. The van der Waals surface area contributed by atoms with Crippen LogP contribution in [-0.4, -0.2) is 31.3 Å². The molecule has 0 aliphatic heterocycles. The number of nitrogens with one attached hydrogen (secondary N) is 1. The average Bonchev–Trinajstić information content (AvgIpc) is 2.76. The van der Waals surface area contributed by atoms with Crippen molar-refractivity contribution in [2.24, 2.45) is 12.8 Å². The Morgan fingerprint density at radius 3 is 3.00 bits per heavy atom. The van der Waals surface area contributed by atoms with Gasteiger partial charge in [-0.2, -0.15) is 5.10 Å². The molecule has 0 amide bonds. The van der Waals surface area contributed by atoms with Crippen molar-refractivity contribution in [3.63, 3.8) is 0 Å². The summed E-state index contributed by atoms with van der Waals surface area (Å²) in [5.74, 6) is 1.61. The summed E-state index contributed by atoms with van der Waals surface area (Å²) in [7, 11) is 1.96. The Hall–Kier alpha value is -2.02. The number of nitrogens with two attached hydrogens (primary N) is 1. The van der Waals surface area contributed by atoms with Gasteiger partial charge >= 0.3 is 0 Å². The Labute approximate surface area is 110 Å². The number of thiocarbonyl (C=S) groups is 1. The van der Waals surface area contributed by atoms with Gasteiger partial charge in [-0.1, -0.05) is 12.2 Å². The molecule has 0 aromatic carbocycles. The fourth-order valence-electron chi connectivity index (χ4n) is 1.59. The Balaban J connectivity index is 1.99. The number of hydrogen-bond donors (Lipinski definition) is 2. The molecule has 94 valence electrons. The highest BCUT2D eigenvalue weighted by molar-refractivity contribution is 7.80. The molecule has 18 heavy (non-hydrogen) atoms. The van der Waals surface area contributed by atoms with Crippen molar-refractivity contribution in [2.75, 3.05) is 11.9 Å². The topological polar surface area (TPSA) is 81.7 Å². The Bertz CT molecular complexity index is 550. The van der Waals surface area contributed by atoms with Gasteiger partial charge in [-0.15, -0.1) is 5.10 Å². The standard InChI is InChI=1S/C11H14N6S/c1-17-7-6-13-9(17)3-4-14-11-8(10(12)18)2-5-15-16-11/h2,5-7H,3-4H2,1H3,(H2,12,18)(H,14,16). The fourth-order valence-corrected chi connectivity index (χ4v) is 1.76. The van der Waals surface area contributed by atoms with Crippen molar-refractivity contribution >= 4 is 23.0 Å². The van der Waals surface area contributed by atoms with Gasteiger partial charge in [0.05, 0.1) is 11.8 Å². The molecule has 0 unspecified atom stereocenters. The number of aryl methyl sites for hydroxylation is 1. The molecule has 6 nitrogen and oxygen atoms in total. The molecule has 2 heterocycles. The predicted molar refractivity (Wildman–Crippen MR) is 73.3 cm³/mol. The lowest BCUT2D eigenvalue weighted by molar-refractivity contribution is 0.787. The van der Waals surface area contributed by atoms with E-state index >= 15 is 0 Å². The number of nitrogens with zero attached hydrogens (tertiary/aromatic N) is 4. The van der Waals surface area contributed by atoms with Gasteiger partial charge in [0.25, 0.3) is 0 Å². The molecule has 0 aliphatic rings. The molecule has 0 saturated carbocycles. The molecule has 0 fully saturated rings. The first kappa shape index (κ1) is 12.4. The van der Waals surface area contributed by atoms with Crippen LogP contribution in [0.4, 0.5) is 5.82 Å². The number of anilines is 1. The maximum Gasteiger partial charge on any atom is 0.158 e. The summed E-state index contributed by atoms with van der Waals surface area (Å²) in [6, 6.07) is 1.75. The molecule has 2 aromatic rings. The first-order chi connectivity index (χ1) is 8.68. The van der Waals surface area contributed by atoms with Crippen LogP contribution in [0.5, 0.6) is 0 Å². The van der Waals surface area contributed by atoms with E-state index in [1.165, 1.54) is 0 Å². The van der Waals surface area contributed by atoms with Crippen LogP contribution in [0, 0.1) is 0 Å². The quantitative estimate of drug-likeness (QED) is 0.764. The Morgan fingerprint density at radius 1 is 1.50 bits per heavy atom. The van der Waals surface area contributed by atoms with Crippen LogP contribution in [0.1, 0.15) is 11.4 Å². The number of rotatable bonds is 5. The van der Waals surface area contributed by atoms with E-state index in [1.54, 1.807) is 18.5 Å². The summed E-state index contributed by atoms with van der Waals surface area (Å²) in [5, 5.41) is 11.0. The second-order valence-corrected chi connectivity index (χ2v) is 4.23. The highest BCUT2D eigenvalue weighted by Gasteiger charge is 2.06. The number of aromatic nitrogens is 4. The molecule has 0 atom stereocenters. The lowest BCUT2D eigenvalue weighted by Gasteiger charge is -2.08. The van der Waals surface area contributed by atoms with Crippen molar-refractivity contribution < 1.29 is 0 Å². The Kier molecular flexibility index (Phi) is 3.83. The molecule has 2 aromatic heterocycles. The molecule has 0 aliphatic carbocycles. The molecule has 7 heteroatoms. The highest BCUT2D eigenvalue weighted by atomic mass is 32.1. The third kappa shape index (κ3) is 2.80. The largest absolute Gasteiger partial charge is 0.389 e. The van der Waals surface area contributed by atoms with Gasteiger partial charge in [-0.25, -0.2) is 4.98 Å². The fraction of sp³-hybridized carbons (Fsp3) is 0.273. The zero-order chi connectivity index (χ0) is 13.0. The lowest BCUT2D eigenvalue weighted by Crippen LogP contribution is -2.16. The minimum absolute atomic E-state index is 0.310. The van der Waals surface area contributed by atoms with Crippen LogP contribution in [0.2, 0.25) is 0 Å². The smallest absolute Gasteiger partial charge is 0.158 e. The van der Waals surface area contributed by atoms with Gasteiger partial charge in [-0.3, -0.25) is 0 Å². The van der Waals surface area contributed by atoms with E-state index in [0.29, 0.717) is 22.9 Å². The first-order valence-electron chi connectivity index (χ1n) is 5.50. The van der Waals surface area contributed by atoms with Crippen molar-refractivity contribution in [2.45, 2.75) is 6.42 Å². The summed E-state index contributed by atoms with van der Waals surface area (Å²) in [6.45, 7) is 0.694. The maximum atomic E-state index is 5.61. The third-order valence-electron chi connectivity index (χ3n) is 2.55. The van der Waals surface area contributed by atoms with Crippen molar-refractivity contribution in [1.29, 1.82) is 0 Å². The monoisotopic (exact) mass is 262 g/mol. The van der Waals surface area contributed by atoms with Crippen LogP contribution in [0.15, 0.2) is 24.7 Å². The molecule has 3 N–H and O–H groups in total. The minimum atomic E-state index is 0.310. The van der Waals surface area contributed by atoms with E-state index in [1.807, 2.05) is 17.8 Å². The van der Waals surface area contributed by atoms with E-state index in [-0.39, 0.29) is 0 Å². The number of hydrogen-bond acceptors (Lipinski definition) is 5. The van der Waals surface area contributed by atoms with Crippen LogP contribution >= 0.6 is 12.2 Å². The van der Waals surface area contributed by atoms with E-state index < -0.39 is 0 Å². The van der Waals surface area contributed by atoms with E-state index in [9.17, 15) is 0 Å². The van der Waals surface area contributed by atoms with Gasteiger partial charge in [0.15, 0.2) is 5.82 Å². The van der Waals surface area contributed by atoms with E-state index in [0.717, 1.165) is 12.2 Å². The highest BCUT2D eigenvalue weighted by Crippen LogP contribution is 2.09. The summed E-state index contributed by atoms with van der Waals surface area (Å²) in [5.41, 5.74) is 6.32. The Morgan fingerprint density at radius 2 is 2.33 bits per heavy atom. The SMILES string of the molecule is Cn1ccnc1CCNc1nnccc1C(N)=S. The molecular formula is C11H14N6S. The third-order valence-corrected chi connectivity index (χ3v) is 2.77. The second kappa shape index (κ2) is 5.54. The van der Waals surface area contributed by atoms with Crippen molar-refractivity contribution in [1.82, 2.24) is 19.7 Å². The first-order valence-corrected chi connectivity index (χ1v) is 5.91. The second-order valence-electron chi connectivity index (χ2n) is 3.79. The van der Waals surface area contributed by atoms with E-state index in [4.69, 9.17) is 18.0 Å². The zero-order valence-corrected chi connectivity index (χ0v) is 10.8. The predicted octanol–water partition coefficient (Wildman–Crippen LogP) is 0.499. The van der Waals surface area contributed by atoms with Gasteiger partial charge in [0.2, 0.25) is 0 Å². The zero-order valence-electron chi connectivity index (χ0n) is 10.00. The summed E-state index contributed by atoms with van der Waals surface area (Å²) in [6.07, 6.45) is 6.05. The molecule has 2 rings (SSSR count). The molecule has 0 saturated heterocycles. The summed E-state index contributed by atoms with van der Waals surface area (Å²) >= 11 is 4.95. The summed E-state index contributed by atoms with van der Waals surface area (Å²) in [4.78, 5) is 4.55. The molecule has 0 bridgehead atoms. The normalized spacial score (nSPS) is 10.3. The van der Waals surface area contributed by atoms with Crippen LogP contribution in [0.25, 0.3) is 0 Å². The van der Waals surface area contributed by atoms with Gasteiger partial charge < -0.3 is 15.6 Å². The van der Waals surface area contributed by atoms with Gasteiger partial charge in [0, 0.05) is 32.4 Å². The van der Waals surface area contributed by atoms with Gasteiger partial charge in [0.1, 0.15) is 10.8 Å². The average molecular weight is 262 g/mol. The van der Waals surface area contributed by atoms with Crippen molar-refractivity contribution in [3.8, 4) is 0 Å². The molecule has 0 radical (unpaired) electrons. The minimum Gasteiger partial charge on any atom is -0.389 e. The maximum absolute atomic E-state index is 5.61. The summed E-state index contributed by atoms with van der Waals surface area (Å²) < 4.78 is 1.98. The molecular weight excluding hydrogens is 248 g/mol. The van der Waals surface area contributed by atoms with Crippen LogP contribution in [0.3, 0.4) is 0 Å². The van der Waals surface area contributed by atoms with Crippen LogP contribution < -0.4 is 11.1 Å². The molecule has 0 spiro atoms. The van der Waals surface area contributed by atoms with Crippen LogP contribution in [-0.2, 0) is 13.5 Å². The number of imidazole rings is 1. The van der Waals surface area contributed by atoms with Gasteiger partial charge in [-0.05, 0) is 6.07 Å². The van der Waals surface area contributed by atoms with Crippen molar-refractivity contribution in [3.05, 3.63) is 36.0 Å². The van der Waals surface area contributed by atoms with E-state index in [2.05, 4.69) is 20.5 Å².